The molecule has 0 unspecified atom stereocenters. The van der Waals surface area contributed by atoms with Gasteiger partial charge < -0.3 is 15.6 Å². The quantitative estimate of drug-likeness (QED) is 0.301. The number of rotatable bonds is 8. The third-order valence-corrected chi connectivity index (χ3v) is 3.69. The van der Waals surface area contributed by atoms with E-state index in [9.17, 15) is 4.79 Å². The number of para-hydroxylation sites is 1. The second kappa shape index (κ2) is 8.86. The Kier molecular flexibility index (Phi) is 6.52. The van der Waals surface area contributed by atoms with Crippen LogP contribution in [-0.2, 0) is 11.2 Å². The molecule has 1 aromatic heterocycles. The Labute approximate surface area is 140 Å². The van der Waals surface area contributed by atoms with Gasteiger partial charge in [-0.25, -0.2) is 0 Å². The minimum Gasteiger partial charge on any atom is -0.389 e. The second-order valence-electron chi connectivity index (χ2n) is 5.03. The van der Waals surface area contributed by atoms with Gasteiger partial charge in [0.1, 0.15) is 11.6 Å². The SMILES string of the molecule is N#C/C(=C/NCCc1c[nH]c2ccccc12)C(=O)NCCCCl. The number of amides is 1. The number of hydrogen-bond donors (Lipinski definition) is 3. The predicted molar refractivity (Wildman–Crippen MR) is 92.0 cm³/mol. The molecule has 2 aromatic rings. The molecular formula is C17H19ClN4O. The van der Waals surface area contributed by atoms with Crippen LogP contribution in [0.3, 0.4) is 0 Å². The number of carbonyl (C=O) groups excluding carboxylic acids is 1. The van der Waals surface area contributed by atoms with Crippen LogP contribution in [0.2, 0.25) is 0 Å². The number of aromatic nitrogens is 1. The van der Waals surface area contributed by atoms with Gasteiger partial charge in [-0.15, -0.1) is 11.6 Å². The van der Waals surface area contributed by atoms with E-state index in [-0.39, 0.29) is 11.5 Å². The van der Waals surface area contributed by atoms with Crippen molar-refractivity contribution in [2.45, 2.75) is 12.8 Å². The van der Waals surface area contributed by atoms with Gasteiger partial charge in [0.15, 0.2) is 0 Å². The predicted octanol–water partition coefficient (Wildman–Crippen LogP) is 2.45. The topological polar surface area (TPSA) is 80.7 Å². The van der Waals surface area contributed by atoms with Crippen molar-refractivity contribution in [3.05, 3.63) is 47.8 Å². The summed E-state index contributed by atoms with van der Waals surface area (Å²) in [7, 11) is 0. The average Bonchev–Trinajstić information content (AvgIpc) is 2.98. The van der Waals surface area contributed by atoms with Crippen molar-refractivity contribution in [3.63, 3.8) is 0 Å². The van der Waals surface area contributed by atoms with Gasteiger partial charge in [-0.2, -0.15) is 5.26 Å². The van der Waals surface area contributed by atoms with Crippen LogP contribution in [0.15, 0.2) is 42.2 Å². The van der Waals surface area contributed by atoms with Crippen LogP contribution in [0.4, 0.5) is 0 Å². The molecule has 23 heavy (non-hydrogen) atoms. The fraction of sp³-hybridized carbons (Fsp3) is 0.294. The number of hydrogen-bond acceptors (Lipinski definition) is 3. The Bertz CT molecular complexity index is 730. The Balaban J connectivity index is 1.85. The summed E-state index contributed by atoms with van der Waals surface area (Å²) in [6, 6.07) is 10.0. The van der Waals surface area contributed by atoms with E-state index in [1.54, 1.807) is 0 Å². The first kappa shape index (κ1) is 16.9. The summed E-state index contributed by atoms with van der Waals surface area (Å²) >= 11 is 5.55. The number of carbonyl (C=O) groups is 1. The van der Waals surface area contributed by atoms with E-state index in [1.807, 2.05) is 30.5 Å². The molecule has 2 rings (SSSR count). The Morgan fingerprint density at radius 1 is 1.35 bits per heavy atom. The highest BCUT2D eigenvalue weighted by molar-refractivity contribution is 6.17. The monoisotopic (exact) mass is 330 g/mol. The molecule has 0 saturated heterocycles. The normalized spacial score (nSPS) is 11.2. The van der Waals surface area contributed by atoms with Crippen LogP contribution in [0, 0.1) is 11.3 Å². The molecular weight excluding hydrogens is 312 g/mol. The number of nitriles is 1. The lowest BCUT2D eigenvalue weighted by Gasteiger charge is -2.04. The van der Waals surface area contributed by atoms with E-state index in [2.05, 4.69) is 21.7 Å². The first-order chi connectivity index (χ1) is 11.3. The van der Waals surface area contributed by atoms with Crippen molar-refractivity contribution < 1.29 is 4.79 Å². The number of nitrogens with one attached hydrogen (secondary N) is 3. The number of alkyl halides is 1. The largest absolute Gasteiger partial charge is 0.389 e. The van der Waals surface area contributed by atoms with Crippen molar-refractivity contribution in [1.29, 1.82) is 5.26 Å². The minimum atomic E-state index is -0.378. The van der Waals surface area contributed by atoms with E-state index in [1.165, 1.54) is 17.1 Å². The number of halogens is 1. The molecule has 0 bridgehead atoms. The van der Waals surface area contributed by atoms with Crippen molar-refractivity contribution in [2.24, 2.45) is 0 Å². The summed E-state index contributed by atoms with van der Waals surface area (Å²) in [6.07, 6.45) is 4.93. The van der Waals surface area contributed by atoms with Gasteiger partial charge in [-0.3, -0.25) is 4.79 Å². The van der Waals surface area contributed by atoms with Crippen molar-refractivity contribution in [2.75, 3.05) is 19.0 Å². The van der Waals surface area contributed by atoms with E-state index in [0.29, 0.717) is 25.4 Å². The van der Waals surface area contributed by atoms with Gasteiger partial charge >= 0.3 is 0 Å². The lowest BCUT2D eigenvalue weighted by Crippen LogP contribution is -2.27. The molecule has 3 N–H and O–H groups in total. The number of aromatic amines is 1. The van der Waals surface area contributed by atoms with Gasteiger partial charge in [0.05, 0.1) is 0 Å². The maximum Gasteiger partial charge on any atom is 0.263 e. The minimum absolute atomic E-state index is 0.0681. The number of H-pyrrole nitrogens is 1. The summed E-state index contributed by atoms with van der Waals surface area (Å²) < 4.78 is 0. The molecule has 120 valence electrons. The third-order valence-electron chi connectivity index (χ3n) is 3.42. The van der Waals surface area contributed by atoms with Crippen LogP contribution >= 0.6 is 11.6 Å². The van der Waals surface area contributed by atoms with Crippen molar-refractivity contribution in [1.82, 2.24) is 15.6 Å². The standard InChI is InChI=1S/C17H19ClN4O/c18-7-3-8-21-17(23)14(10-19)11-20-9-6-13-12-22-16-5-2-1-4-15(13)16/h1-2,4-5,11-12,20,22H,3,6-9H2,(H,21,23)/b14-11-. The van der Waals surface area contributed by atoms with Gasteiger partial charge in [0, 0.05) is 42.3 Å². The molecule has 0 aliphatic heterocycles. The van der Waals surface area contributed by atoms with E-state index in [4.69, 9.17) is 16.9 Å². The summed E-state index contributed by atoms with van der Waals surface area (Å²) in [5.41, 5.74) is 2.37. The molecule has 1 aromatic carbocycles. The summed E-state index contributed by atoms with van der Waals surface area (Å²) in [5, 5.41) is 15.9. The van der Waals surface area contributed by atoms with Crippen LogP contribution in [0.25, 0.3) is 10.9 Å². The Hall–Kier alpha value is -2.45. The van der Waals surface area contributed by atoms with Crippen molar-refractivity contribution >= 4 is 28.4 Å². The van der Waals surface area contributed by atoms with E-state index >= 15 is 0 Å². The second-order valence-corrected chi connectivity index (χ2v) is 5.41. The van der Waals surface area contributed by atoms with Gasteiger partial charge in [-0.1, -0.05) is 18.2 Å². The van der Waals surface area contributed by atoms with Crippen molar-refractivity contribution in [3.8, 4) is 6.07 Å². The zero-order chi connectivity index (χ0) is 16.5. The van der Waals surface area contributed by atoms with Gasteiger partial charge in [0.25, 0.3) is 5.91 Å². The first-order valence-electron chi connectivity index (χ1n) is 7.49. The van der Waals surface area contributed by atoms with Gasteiger partial charge in [0.2, 0.25) is 0 Å². The molecule has 0 aliphatic carbocycles. The summed E-state index contributed by atoms with van der Waals surface area (Å²) in [5.74, 6) is 0.103. The molecule has 5 nitrogen and oxygen atoms in total. The van der Waals surface area contributed by atoms with Crippen LogP contribution in [0.5, 0.6) is 0 Å². The highest BCUT2D eigenvalue weighted by Crippen LogP contribution is 2.17. The third kappa shape index (κ3) is 4.76. The molecule has 1 amide bonds. The zero-order valence-corrected chi connectivity index (χ0v) is 13.5. The number of benzene rings is 1. The lowest BCUT2D eigenvalue weighted by molar-refractivity contribution is -0.117. The van der Waals surface area contributed by atoms with Crippen LogP contribution in [0.1, 0.15) is 12.0 Å². The first-order valence-corrected chi connectivity index (χ1v) is 8.02. The molecule has 0 atom stereocenters. The molecule has 0 fully saturated rings. The van der Waals surface area contributed by atoms with Gasteiger partial charge in [-0.05, 0) is 24.5 Å². The zero-order valence-electron chi connectivity index (χ0n) is 12.7. The molecule has 0 aliphatic rings. The maximum atomic E-state index is 11.8. The lowest BCUT2D eigenvalue weighted by atomic mass is 10.1. The summed E-state index contributed by atoms with van der Waals surface area (Å²) in [6.45, 7) is 1.11. The fourth-order valence-corrected chi connectivity index (χ4v) is 2.37. The highest BCUT2D eigenvalue weighted by atomic mass is 35.5. The Morgan fingerprint density at radius 3 is 2.96 bits per heavy atom. The smallest absolute Gasteiger partial charge is 0.263 e. The molecule has 0 saturated carbocycles. The maximum absolute atomic E-state index is 11.8. The summed E-state index contributed by atoms with van der Waals surface area (Å²) in [4.78, 5) is 15.0. The van der Waals surface area contributed by atoms with Crippen LogP contribution in [-0.4, -0.2) is 29.9 Å². The number of fused-ring (bicyclic) bond motifs is 1. The van der Waals surface area contributed by atoms with E-state index < -0.39 is 0 Å². The average molecular weight is 331 g/mol. The highest BCUT2D eigenvalue weighted by Gasteiger charge is 2.07. The molecule has 0 spiro atoms. The molecule has 1 heterocycles. The number of nitrogens with zero attached hydrogens (tertiary/aromatic N) is 1. The Morgan fingerprint density at radius 2 is 2.17 bits per heavy atom. The van der Waals surface area contributed by atoms with Crippen LogP contribution < -0.4 is 10.6 Å². The fourth-order valence-electron chi connectivity index (χ4n) is 2.23. The molecule has 0 radical (unpaired) electrons. The van der Waals surface area contributed by atoms with E-state index in [0.717, 1.165) is 11.9 Å². The molecule has 6 heteroatoms.